The second-order valence-corrected chi connectivity index (χ2v) is 5.57. The maximum Gasteiger partial charge on any atom is 0.328 e. The Bertz CT molecular complexity index is 711. The van der Waals surface area contributed by atoms with E-state index < -0.39 is 6.04 Å². The van der Waals surface area contributed by atoms with Gasteiger partial charge in [0.25, 0.3) is 0 Å². The summed E-state index contributed by atoms with van der Waals surface area (Å²) in [5, 5.41) is 3.50. The van der Waals surface area contributed by atoms with E-state index in [9.17, 15) is 9.59 Å². The monoisotopic (exact) mass is 343 g/mol. The average Bonchev–Trinajstić information content (AvgIpc) is 2.61. The number of hydrogen-bond acceptors (Lipinski definition) is 4. The van der Waals surface area contributed by atoms with Crippen LogP contribution in [-0.4, -0.2) is 24.9 Å². The molecule has 4 nitrogen and oxygen atoms in total. The lowest BCUT2D eigenvalue weighted by molar-refractivity contribution is -0.142. The minimum atomic E-state index is -0.563. The lowest BCUT2D eigenvalue weighted by Gasteiger charge is -2.14. The topological polar surface area (TPSA) is 55.4 Å². The molecule has 0 unspecified atom stereocenters. The normalized spacial score (nSPS) is 11.9. The molecule has 1 atom stereocenters. The summed E-state index contributed by atoms with van der Waals surface area (Å²) in [6, 6.07) is 15.6. The zero-order valence-corrected chi connectivity index (χ0v) is 14.0. The summed E-state index contributed by atoms with van der Waals surface area (Å²) in [4.78, 5) is 23.9. The van der Waals surface area contributed by atoms with Crippen LogP contribution in [0.3, 0.4) is 0 Å². The summed E-state index contributed by atoms with van der Waals surface area (Å²) in [7, 11) is 1.34. The predicted octanol–water partition coefficient (Wildman–Crippen LogP) is 3.41. The molecule has 0 aromatic heterocycles. The number of esters is 1. The summed E-state index contributed by atoms with van der Waals surface area (Å²) >= 11 is 5.80. The van der Waals surface area contributed by atoms with Gasteiger partial charge in [0, 0.05) is 29.3 Å². The first-order chi connectivity index (χ1) is 11.6. The van der Waals surface area contributed by atoms with Gasteiger partial charge < -0.3 is 10.1 Å². The number of hydrogen-bond donors (Lipinski definition) is 1. The Morgan fingerprint density at radius 2 is 1.79 bits per heavy atom. The van der Waals surface area contributed by atoms with Gasteiger partial charge in [-0.1, -0.05) is 41.9 Å². The highest BCUT2D eigenvalue weighted by atomic mass is 35.5. The third kappa shape index (κ3) is 5.25. The fourth-order valence-electron chi connectivity index (χ4n) is 2.15. The van der Waals surface area contributed by atoms with Crippen molar-refractivity contribution in [2.45, 2.75) is 12.5 Å². The van der Waals surface area contributed by atoms with E-state index >= 15 is 0 Å². The Hall–Kier alpha value is -2.59. The van der Waals surface area contributed by atoms with Gasteiger partial charge in [-0.05, 0) is 29.8 Å². The molecule has 1 N–H and O–H groups in total. The molecule has 0 radical (unpaired) electrons. The molecule has 0 aliphatic carbocycles. The Balaban J connectivity index is 2.00. The Kier molecular flexibility index (Phi) is 6.58. The first kappa shape index (κ1) is 17.8. The second kappa shape index (κ2) is 8.89. The van der Waals surface area contributed by atoms with Crippen LogP contribution in [0.1, 0.15) is 15.9 Å². The zero-order valence-electron chi connectivity index (χ0n) is 13.2. The minimum Gasteiger partial charge on any atom is -0.467 e. The van der Waals surface area contributed by atoms with Crippen molar-refractivity contribution in [3.05, 3.63) is 83.0 Å². The maximum atomic E-state index is 12.0. The van der Waals surface area contributed by atoms with Gasteiger partial charge in [0.15, 0.2) is 5.78 Å². The number of carbonyl (C=O) groups excluding carboxylic acids is 2. The van der Waals surface area contributed by atoms with Crippen LogP contribution in [0, 0.1) is 0 Å². The van der Waals surface area contributed by atoms with Crippen LogP contribution in [0.4, 0.5) is 0 Å². The zero-order chi connectivity index (χ0) is 17.4. The van der Waals surface area contributed by atoms with Crippen LogP contribution in [0.5, 0.6) is 0 Å². The van der Waals surface area contributed by atoms with Gasteiger partial charge in [0.2, 0.25) is 0 Å². The lowest BCUT2D eigenvalue weighted by atomic mass is 10.1. The summed E-state index contributed by atoms with van der Waals surface area (Å²) < 4.78 is 4.80. The Morgan fingerprint density at radius 1 is 1.12 bits per heavy atom. The van der Waals surface area contributed by atoms with Crippen molar-refractivity contribution in [2.24, 2.45) is 0 Å². The third-order valence-electron chi connectivity index (χ3n) is 3.43. The van der Waals surface area contributed by atoms with E-state index in [-0.39, 0.29) is 11.8 Å². The maximum absolute atomic E-state index is 12.0. The van der Waals surface area contributed by atoms with Crippen LogP contribution in [0.2, 0.25) is 5.02 Å². The largest absolute Gasteiger partial charge is 0.467 e. The molecule has 0 fully saturated rings. The van der Waals surface area contributed by atoms with E-state index in [4.69, 9.17) is 16.3 Å². The molecule has 5 heteroatoms. The van der Waals surface area contributed by atoms with Crippen LogP contribution < -0.4 is 5.32 Å². The summed E-state index contributed by atoms with van der Waals surface area (Å²) in [5.41, 5.74) is 1.52. The van der Waals surface area contributed by atoms with Gasteiger partial charge >= 0.3 is 5.97 Å². The SMILES string of the molecule is COC(=O)[C@H](Cc1ccccc1)N/C=C\C(=O)c1ccc(Cl)cc1. The Morgan fingerprint density at radius 3 is 2.42 bits per heavy atom. The number of halogens is 1. The van der Waals surface area contributed by atoms with Crippen molar-refractivity contribution in [3.8, 4) is 0 Å². The van der Waals surface area contributed by atoms with E-state index in [1.54, 1.807) is 24.3 Å². The second-order valence-electron chi connectivity index (χ2n) is 5.14. The van der Waals surface area contributed by atoms with E-state index in [1.807, 2.05) is 30.3 Å². The number of carbonyl (C=O) groups is 2. The van der Waals surface area contributed by atoms with Gasteiger partial charge in [-0.25, -0.2) is 4.79 Å². The number of methoxy groups -OCH3 is 1. The first-order valence-electron chi connectivity index (χ1n) is 7.44. The van der Waals surface area contributed by atoms with Crippen molar-refractivity contribution in [3.63, 3.8) is 0 Å². The summed E-state index contributed by atoms with van der Waals surface area (Å²) in [6.07, 6.45) is 3.32. The smallest absolute Gasteiger partial charge is 0.328 e. The van der Waals surface area contributed by atoms with Crippen LogP contribution in [0.25, 0.3) is 0 Å². The molecule has 0 bridgehead atoms. The molecule has 0 spiro atoms. The number of benzene rings is 2. The molecule has 2 aromatic rings. The fourth-order valence-corrected chi connectivity index (χ4v) is 2.28. The van der Waals surface area contributed by atoms with Crippen LogP contribution >= 0.6 is 11.6 Å². The third-order valence-corrected chi connectivity index (χ3v) is 3.68. The molecule has 0 aliphatic rings. The highest BCUT2D eigenvalue weighted by Gasteiger charge is 2.17. The Labute approximate surface area is 146 Å². The number of ketones is 1. The number of allylic oxidation sites excluding steroid dienone is 1. The first-order valence-corrected chi connectivity index (χ1v) is 7.82. The van der Waals surface area contributed by atoms with E-state index in [0.717, 1.165) is 5.56 Å². The summed E-state index contributed by atoms with van der Waals surface area (Å²) in [6.45, 7) is 0. The highest BCUT2D eigenvalue weighted by molar-refractivity contribution is 6.30. The minimum absolute atomic E-state index is 0.178. The van der Waals surface area contributed by atoms with Gasteiger partial charge in [-0.3, -0.25) is 4.79 Å². The lowest BCUT2D eigenvalue weighted by Crippen LogP contribution is -2.36. The molecule has 0 saturated carbocycles. The van der Waals surface area contributed by atoms with E-state index in [1.165, 1.54) is 19.4 Å². The molecule has 24 heavy (non-hydrogen) atoms. The van der Waals surface area contributed by atoms with E-state index in [2.05, 4.69) is 5.32 Å². The van der Waals surface area contributed by atoms with Crippen molar-refractivity contribution in [1.82, 2.24) is 5.32 Å². The number of ether oxygens (including phenoxy) is 1. The number of nitrogens with one attached hydrogen (secondary N) is 1. The summed E-state index contributed by atoms with van der Waals surface area (Å²) in [5.74, 6) is -0.565. The molecule has 0 aliphatic heterocycles. The van der Waals surface area contributed by atoms with Crippen molar-refractivity contribution >= 4 is 23.4 Å². The standard InChI is InChI=1S/C19H18ClNO3/c1-24-19(23)17(13-14-5-3-2-4-6-14)21-12-11-18(22)15-7-9-16(20)10-8-15/h2-12,17,21H,13H2,1H3/b12-11-/t17-/m0/s1. The highest BCUT2D eigenvalue weighted by Crippen LogP contribution is 2.10. The van der Waals surface area contributed by atoms with E-state index in [0.29, 0.717) is 17.0 Å². The molecule has 0 saturated heterocycles. The van der Waals surface area contributed by atoms with Crippen LogP contribution in [-0.2, 0) is 16.0 Å². The molecule has 0 heterocycles. The molecular weight excluding hydrogens is 326 g/mol. The average molecular weight is 344 g/mol. The van der Waals surface area contributed by atoms with Crippen molar-refractivity contribution < 1.29 is 14.3 Å². The molecule has 0 amide bonds. The number of rotatable bonds is 7. The molecule has 124 valence electrons. The molecule has 2 rings (SSSR count). The quantitative estimate of drug-likeness (QED) is 0.475. The van der Waals surface area contributed by atoms with Gasteiger partial charge in [0.1, 0.15) is 6.04 Å². The fraction of sp³-hybridized carbons (Fsp3) is 0.158. The van der Waals surface area contributed by atoms with Gasteiger partial charge in [0.05, 0.1) is 7.11 Å². The van der Waals surface area contributed by atoms with Crippen molar-refractivity contribution in [1.29, 1.82) is 0 Å². The predicted molar refractivity (Wildman–Crippen MR) is 94.0 cm³/mol. The molecule has 2 aromatic carbocycles. The van der Waals surface area contributed by atoms with Gasteiger partial charge in [-0.2, -0.15) is 0 Å². The van der Waals surface area contributed by atoms with Crippen molar-refractivity contribution in [2.75, 3.05) is 7.11 Å². The van der Waals surface area contributed by atoms with Crippen LogP contribution in [0.15, 0.2) is 66.9 Å². The van der Waals surface area contributed by atoms with Gasteiger partial charge in [-0.15, -0.1) is 0 Å². The molecular formula is C19H18ClNO3.